The lowest BCUT2D eigenvalue weighted by molar-refractivity contribution is 0.199. The fraction of sp³-hybridized carbons (Fsp3) is 0.250. The van der Waals surface area contributed by atoms with Crippen molar-refractivity contribution in [3.05, 3.63) is 59.4 Å². The SMILES string of the molecule is C[C@H](O)c1cc(F)ccc1N1CCc2ccccc21. The highest BCUT2D eigenvalue weighted by molar-refractivity contribution is 5.72. The van der Waals surface area contributed by atoms with Crippen molar-refractivity contribution in [3.63, 3.8) is 0 Å². The van der Waals surface area contributed by atoms with Crippen LogP contribution in [0.15, 0.2) is 42.5 Å². The second-order valence-electron chi connectivity index (χ2n) is 4.91. The standard InChI is InChI=1S/C16H16FNO/c1-11(19)14-10-13(17)6-7-16(14)18-9-8-12-4-2-3-5-15(12)18/h2-7,10-11,19H,8-9H2,1H3/t11-/m0/s1. The predicted molar refractivity (Wildman–Crippen MR) is 74.2 cm³/mol. The van der Waals surface area contributed by atoms with Gasteiger partial charge in [-0.1, -0.05) is 18.2 Å². The van der Waals surface area contributed by atoms with Gasteiger partial charge in [-0.3, -0.25) is 0 Å². The smallest absolute Gasteiger partial charge is 0.123 e. The molecule has 0 amide bonds. The maximum Gasteiger partial charge on any atom is 0.123 e. The molecule has 1 heterocycles. The van der Waals surface area contributed by atoms with Gasteiger partial charge >= 0.3 is 0 Å². The van der Waals surface area contributed by atoms with Crippen LogP contribution in [0.5, 0.6) is 0 Å². The van der Waals surface area contributed by atoms with Crippen LogP contribution in [-0.2, 0) is 6.42 Å². The van der Waals surface area contributed by atoms with Crippen LogP contribution in [0.25, 0.3) is 0 Å². The molecule has 2 aromatic carbocycles. The quantitative estimate of drug-likeness (QED) is 0.889. The molecule has 1 atom stereocenters. The van der Waals surface area contributed by atoms with Crippen LogP contribution in [-0.4, -0.2) is 11.7 Å². The minimum atomic E-state index is -0.682. The number of nitrogens with zero attached hydrogens (tertiary/aromatic N) is 1. The molecular formula is C16H16FNO. The molecule has 19 heavy (non-hydrogen) atoms. The molecule has 2 nitrogen and oxygen atoms in total. The summed E-state index contributed by atoms with van der Waals surface area (Å²) in [7, 11) is 0. The number of rotatable bonds is 2. The van der Waals surface area contributed by atoms with Crippen LogP contribution < -0.4 is 4.90 Å². The molecular weight excluding hydrogens is 241 g/mol. The zero-order chi connectivity index (χ0) is 13.4. The number of halogens is 1. The van der Waals surface area contributed by atoms with Crippen LogP contribution in [0.3, 0.4) is 0 Å². The number of benzene rings is 2. The Kier molecular flexibility index (Phi) is 2.99. The highest BCUT2D eigenvalue weighted by Crippen LogP contribution is 2.38. The maximum atomic E-state index is 13.4. The molecule has 3 heteroatoms. The van der Waals surface area contributed by atoms with E-state index in [4.69, 9.17) is 0 Å². The average molecular weight is 257 g/mol. The summed E-state index contributed by atoms with van der Waals surface area (Å²) < 4.78 is 13.4. The highest BCUT2D eigenvalue weighted by atomic mass is 19.1. The van der Waals surface area contributed by atoms with Crippen LogP contribution in [0.2, 0.25) is 0 Å². The maximum absolute atomic E-state index is 13.4. The molecule has 0 aliphatic carbocycles. The van der Waals surface area contributed by atoms with E-state index in [1.807, 2.05) is 12.1 Å². The normalized spacial score (nSPS) is 15.4. The van der Waals surface area contributed by atoms with E-state index in [1.165, 1.54) is 17.7 Å². The minimum Gasteiger partial charge on any atom is -0.389 e. The number of hydrogen-bond acceptors (Lipinski definition) is 2. The molecule has 0 aromatic heterocycles. The molecule has 0 spiro atoms. The van der Waals surface area contributed by atoms with Gasteiger partial charge in [0.2, 0.25) is 0 Å². The number of hydrogen-bond donors (Lipinski definition) is 1. The van der Waals surface area contributed by atoms with E-state index in [0.29, 0.717) is 5.56 Å². The third-order valence-electron chi connectivity index (χ3n) is 3.62. The summed E-state index contributed by atoms with van der Waals surface area (Å²) in [6.45, 7) is 2.53. The molecule has 0 radical (unpaired) electrons. The molecule has 1 aliphatic rings. The zero-order valence-electron chi connectivity index (χ0n) is 10.8. The van der Waals surface area contributed by atoms with Crippen molar-refractivity contribution in [1.29, 1.82) is 0 Å². The predicted octanol–water partition coefficient (Wildman–Crippen LogP) is 3.57. The van der Waals surface area contributed by atoms with E-state index in [2.05, 4.69) is 17.0 Å². The number of aliphatic hydroxyl groups excluding tert-OH is 1. The summed E-state index contributed by atoms with van der Waals surface area (Å²) in [5.74, 6) is -0.313. The summed E-state index contributed by atoms with van der Waals surface area (Å²) in [6.07, 6.45) is 0.297. The monoisotopic (exact) mass is 257 g/mol. The molecule has 1 aliphatic heterocycles. The molecule has 1 N–H and O–H groups in total. The van der Waals surface area contributed by atoms with Gasteiger partial charge in [-0.2, -0.15) is 0 Å². The largest absolute Gasteiger partial charge is 0.389 e. The molecule has 0 saturated heterocycles. The lowest BCUT2D eigenvalue weighted by atomic mass is 10.1. The first-order valence-corrected chi connectivity index (χ1v) is 6.50. The Bertz CT molecular complexity index is 609. The van der Waals surface area contributed by atoms with Gasteiger partial charge in [0.15, 0.2) is 0 Å². The number of para-hydroxylation sites is 1. The first kappa shape index (κ1) is 12.2. The van der Waals surface area contributed by atoms with Crippen molar-refractivity contribution < 1.29 is 9.50 Å². The minimum absolute atomic E-state index is 0.313. The van der Waals surface area contributed by atoms with Crippen molar-refractivity contribution in [3.8, 4) is 0 Å². The molecule has 98 valence electrons. The van der Waals surface area contributed by atoms with Gasteiger partial charge in [-0.05, 0) is 43.2 Å². The number of anilines is 2. The molecule has 0 fully saturated rings. The van der Waals surface area contributed by atoms with Crippen LogP contribution >= 0.6 is 0 Å². The summed E-state index contributed by atoms with van der Waals surface area (Å²) >= 11 is 0. The Labute approximate surface area is 112 Å². The van der Waals surface area contributed by atoms with E-state index < -0.39 is 6.10 Å². The molecule has 2 aromatic rings. The lowest BCUT2D eigenvalue weighted by Gasteiger charge is -2.24. The van der Waals surface area contributed by atoms with E-state index in [9.17, 15) is 9.50 Å². The fourth-order valence-electron chi connectivity index (χ4n) is 2.69. The third-order valence-corrected chi connectivity index (χ3v) is 3.62. The summed E-state index contributed by atoms with van der Waals surface area (Å²) in [5, 5.41) is 9.84. The fourth-order valence-corrected chi connectivity index (χ4v) is 2.69. The van der Waals surface area contributed by atoms with Gasteiger partial charge in [0.25, 0.3) is 0 Å². The third kappa shape index (κ3) is 2.10. The van der Waals surface area contributed by atoms with Crippen molar-refractivity contribution in [2.24, 2.45) is 0 Å². The Morgan fingerprint density at radius 2 is 1.95 bits per heavy atom. The molecule has 0 unspecified atom stereocenters. The Balaban J connectivity index is 2.09. The van der Waals surface area contributed by atoms with E-state index in [1.54, 1.807) is 13.0 Å². The van der Waals surface area contributed by atoms with Crippen LogP contribution in [0.4, 0.5) is 15.8 Å². The average Bonchev–Trinajstić information content (AvgIpc) is 2.82. The second kappa shape index (κ2) is 4.67. The first-order valence-electron chi connectivity index (χ1n) is 6.50. The lowest BCUT2D eigenvalue weighted by Crippen LogP contribution is -2.16. The van der Waals surface area contributed by atoms with E-state index in [0.717, 1.165) is 24.3 Å². The summed E-state index contributed by atoms with van der Waals surface area (Å²) in [6, 6.07) is 12.8. The zero-order valence-corrected chi connectivity index (χ0v) is 10.8. The van der Waals surface area contributed by atoms with Gasteiger partial charge < -0.3 is 10.0 Å². The highest BCUT2D eigenvalue weighted by Gasteiger charge is 2.23. The van der Waals surface area contributed by atoms with Crippen molar-refractivity contribution in [2.45, 2.75) is 19.4 Å². The molecule has 0 bridgehead atoms. The Morgan fingerprint density at radius 1 is 1.16 bits per heavy atom. The topological polar surface area (TPSA) is 23.5 Å². The van der Waals surface area contributed by atoms with Crippen molar-refractivity contribution in [1.82, 2.24) is 0 Å². The first-order chi connectivity index (χ1) is 9.16. The van der Waals surface area contributed by atoms with E-state index in [-0.39, 0.29) is 5.82 Å². The molecule has 0 saturated carbocycles. The van der Waals surface area contributed by atoms with E-state index >= 15 is 0 Å². The van der Waals surface area contributed by atoms with Crippen molar-refractivity contribution in [2.75, 3.05) is 11.4 Å². The van der Waals surface area contributed by atoms with Crippen molar-refractivity contribution >= 4 is 11.4 Å². The number of aliphatic hydroxyl groups is 1. The van der Waals surface area contributed by atoms with Gasteiger partial charge in [0.1, 0.15) is 5.82 Å². The van der Waals surface area contributed by atoms with Gasteiger partial charge in [0.05, 0.1) is 6.10 Å². The second-order valence-corrected chi connectivity index (χ2v) is 4.91. The Morgan fingerprint density at radius 3 is 2.74 bits per heavy atom. The Hall–Kier alpha value is -1.87. The van der Waals surface area contributed by atoms with Crippen LogP contribution in [0.1, 0.15) is 24.2 Å². The summed E-state index contributed by atoms with van der Waals surface area (Å²) in [5.41, 5.74) is 3.97. The van der Waals surface area contributed by atoms with Gasteiger partial charge in [0, 0.05) is 23.5 Å². The summed E-state index contributed by atoms with van der Waals surface area (Å²) in [4.78, 5) is 2.15. The van der Waals surface area contributed by atoms with Gasteiger partial charge in [-0.25, -0.2) is 4.39 Å². The van der Waals surface area contributed by atoms with Gasteiger partial charge in [-0.15, -0.1) is 0 Å². The number of fused-ring (bicyclic) bond motifs is 1. The molecule has 3 rings (SSSR count). The van der Waals surface area contributed by atoms with Crippen LogP contribution in [0, 0.1) is 5.82 Å².